The van der Waals surface area contributed by atoms with Gasteiger partial charge in [0.1, 0.15) is 5.82 Å². The summed E-state index contributed by atoms with van der Waals surface area (Å²) >= 11 is 0. The van der Waals surface area contributed by atoms with Crippen LogP contribution in [0.2, 0.25) is 0 Å². The summed E-state index contributed by atoms with van der Waals surface area (Å²) in [5.41, 5.74) is 1.46. The molecule has 2 amide bonds. The van der Waals surface area contributed by atoms with Gasteiger partial charge in [-0.2, -0.15) is 0 Å². The van der Waals surface area contributed by atoms with Crippen molar-refractivity contribution in [3.8, 4) is 0 Å². The average molecular weight is 373 g/mol. The number of hydrogen-bond acceptors (Lipinski definition) is 3. The van der Waals surface area contributed by atoms with E-state index >= 15 is 0 Å². The molecule has 1 aromatic carbocycles. The van der Waals surface area contributed by atoms with Crippen molar-refractivity contribution in [3.63, 3.8) is 0 Å². The summed E-state index contributed by atoms with van der Waals surface area (Å²) in [4.78, 5) is 32.3. The number of nitrogens with one attached hydrogen (secondary N) is 3. The van der Waals surface area contributed by atoms with Crippen molar-refractivity contribution in [1.82, 2.24) is 20.6 Å². The summed E-state index contributed by atoms with van der Waals surface area (Å²) in [6.45, 7) is 10.3. The molecule has 6 nitrogen and oxygen atoms in total. The van der Waals surface area contributed by atoms with Crippen LogP contribution in [-0.2, 0) is 9.59 Å². The lowest BCUT2D eigenvalue weighted by Gasteiger charge is -2.22. The second kappa shape index (κ2) is 9.02. The molecule has 0 fully saturated rings. The number of carbonyl (C=O) groups excluding carboxylic acids is 2. The maximum Gasteiger partial charge on any atom is 0.225 e. The van der Waals surface area contributed by atoms with Crippen LogP contribution in [0.25, 0.3) is 11.0 Å². The number of hydrogen-bond donors (Lipinski definition) is 3. The number of amides is 2. The fourth-order valence-electron chi connectivity index (χ4n) is 2.80. The van der Waals surface area contributed by atoms with Crippen molar-refractivity contribution in [2.24, 2.45) is 11.3 Å². The number of nitrogens with zero attached hydrogens (tertiary/aromatic N) is 1. The third-order valence-corrected chi connectivity index (χ3v) is 4.78. The minimum Gasteiger partial charge on any atom is -0.356 e. The van der Waals surface area contributed by atoms with E-state index in [-0.39, 0.29) is 23.8 Å². The normalized spacial score (nSPS) is 14.0. The smallest absolute Gasteiger partial charge is 0.225 e. The molecule has 0 aliphatic rings. The lowest BCUT2D eigenvalue weighted by atomic mass is 9.96. The van der Waals surface area contributed by atoms with E-state index < -0.39 is 5.41 Å². The molecule has 0 radical (unpaired) electrons. The summed E-state index contributed by atoms with van der Waals surface area (Å²) in [5.74, 6) is 1.03. The van der Waals surface area contributed by atoms with Crippen LogP contribution in [0.4, 0.5) is 0 Å². The van der Waals surface area contributed by atoms with Crippen molar-refractivity contribution in [2.45, 2.75) is 59.9 Å². The summed E-state index contributed by atoms with van der Waals surface area (Å²) in [7, 11) is 0. The highest BCUT2D eigenvalue weighted by Gasteiger charge is 2.24. The van der Waals surface area contributed by atoms with Crippen LogP contribution < -0.4 is 10.6 Å². The molecule has 0 aliphatic carbocycles. The molecule has 0 spiro atoms. The molecule has 3 N–H and O–H groups in total. The van der Waals surface area contributed by atoms with Crippen LogP contribution in [0.3, 0.4) is 0 Å². The maximum atomic E-state index is 12.4. The van der Waals surface area contributed by atoms with E-state index in [4.69, 9.17) is 0 Å². The molecular formula is C21H32N4O2. The van der Waals surface area contributed by atoms with Crippen LogP contribution in [0.5, 0.6) is 0 Å². The first-order chi connectivity index (χ1) is 12.7. The molecule has 0 saturated heterocycles. The van der Waals surface area contributed by atoms with Crippen LogP contribution >= 0.6 is 0 Å². The minimum atomic E-state index is -0.412. The van der Waals surface area contributed by atoms with Crippen LogP contribution in [0.1, 0.15) is 65.7 Å². The second-order valence-corrected chi connectivity index (χ2v) is 8.18. The molecule has 0 aliphatic heterocycles. The maximum absolute atomic E-state index is 12.4. The van der Waals surface area contributed by atoms with Gasteiger partial charge in [0.25, 0.3) is 0 Å². The zero-order chi connectivity index (χ0) is 20.0. The van der Waals surface area contributed by atoms with E-state index in [1.807, 2.05) is 45.0 Å². The Morgan fingerprint density at radius 1 is 1.22 bits per heavy atom. The summed E-state index contributed by atoms with van der Waals surface area (Å²) in [6, 6.07) is 7.71. The topological polar surface area (TPSA) is 86.9 Å². The molecule has 0 bridgehead atoms. The molecule has 0 saturated carbocycles. The highest BCUT2D eigenvalue weighted by molar-refractivity contribution is 5.81. The van der Waals surface area contributed by atoms with Gasteiger partial charge in [-0.25, -0.2) is 4.98 Å². The number of imidazole rings is 1. The Hall–Kier alpha value is -2.37. The van der Waals surface area contributed by atoms with Crippen molar-refractivity contribution < 1.29 is 9.59 Å². The van der Waals surface area contributed by atoms with Crippen LogP contribution in [0.15, 0.2) is 24.3 Å². The highest BCUT2D eigenvalue weighted by atomic mass is 16.2. The summed E-state index contributed by atoms with van der Waals surface area (Å²) < 4.78 is 0. The Labute approximate surface area is 161 Å². The molecule has 27 heavy (non-hydrogen) atoms. The van der Waals surface area contributed by atoms with Crippen LogP contribution in [-0.4, -0.2) is 28.3 Å². The van der Waals surface area contributed by atoms with Gasteiger partial charge in [-0.15, -0.1) is 0 Å². The molecule has 148 valence electrons. The van der Waals surface area contributed by atoms with E-state index in [9.17, 15) is 9.59 Å². The van der Waals surface area contributed by atoms with Crippen molar-refractivity contribution in [2.75, 3.05) is 6.54 Å². The second-order valence-electron chi connectivity index (χ2n) is 8.18. The zero-order valence-corrected chi connectivity index (χ0v) is 17.1. The summed E-state index contributed by atoms with van der Waals surface area (Å²) in [6.07, 6.45) is 1.92. The number of H-pyrrole nitrogens is 1. The first-order valence-electron chi connectivity index (χ1n) is 9.74. The van der Waals surface area contributed by atoms with Crippen molar-refractivity contribution in [1.29, 1.82) is 0 Å². The van der Waals surface area contributed by atoms with Gasteiger partial charge in [-0.05, 0) is 24.5 Å². The number of fused-ring (bicyclic) bond motifs is 1. The van der Waals surface area contributed by atoms with E-state index in [1.165, 1.54) is 0 Å². The van der Waals surface area contributed by atoms with Gasteiger partial charge in [-0.3, -0.25) is 9.59 Å². The average Bonchev–Trinajstić information content (AvgIpc) is 3.05. The number of aromatic amines is 1. The molecular weight excluding hydrogens is 340 g/mol. The van der Waals surface area contributed by atoms with Gasteiger partial charge in [0.2, 0.25) is 11.8 Å². The fraction of sp³-hybridized carbons (Fsp3) is 0.571. The number of para-hydroxylation sites is 2. The van der Waals surface area contributed by atoms with Crippen molar-refractivity contribution >= 4 is 22.8 Å². The lowest BCUT2D eigenvalue weighted by molar-refractivity contribution is -0.128. The molecule has 2 aromatic rings. The van der Waals surface area contributed by atoms with Gasteiger partial charge in [-0.1, -0.05) is 53.2 Å². The largest absolute Gasteiger partial charge is 0.356 e. The number of aromatic nitrogens is 2. The van der Waals surface area contributed by atoms with E-state index in [2.05, 4.69) is 34.4 Å². The van der Waals surface area contributed by atoms with Gasteiger partial charge in [0, 0.05) is 18.4 Å². The molecule has 2 atom stereocenters. The fourth-order valence-corrected chi connectivity index (χ4v) is 2.80. The van der Waals surface area contributed by atoms with Crippen LogP contribution in [0, 0.1) is 11.3 Å². The third kappa shape index (κ3) is 5.81. The van der Waals surface area contributed by atoms with E-state index in [0.717, 1.165) is 23.3 Å². The predicted molar refractivity (Wildman–Crippen MR) is 108 cm³/mol. The standard InChI is InChI=1S/C21H32N4O2/c1-6-14(2)18(19-23-15-10-7-8-11-16(15)24-19)25-17(26)12-9-13-22-20(27)21(3,4)5/h7-8,10-11,14,18H,6,9,12-13H2,1-5H3,(H,22,27)(H,23,24)(H,25,26). The van der Waals surface area contributed by atoms with Gasteiger partial charge in [0.15, 0.2) is 0 Å². The number of benzene rings is 1. The molecule has 1 aromatic heterocycles. The SMILES string of the molecule is CCC(C)C(NC(=O)CCCNC(=O)C(C)(C)C)c1nc2ccccc2[nH]1. The Balaban J connectivity index is 1.94. The Morgan fingerprint density at radius 2 is 1.93 bits per heavy atom. The molecule has 2 unspecified atom stereocenters. The first kappa shape index (κ1) is 20.9. The quantitative estimate of drug-likeness (QED) is 0.617. The Kier molecular flexibility index (Phi) is 6.99. The number of rotatable bonds is 8. The summed E-state index contributed by atoms with van der Waals surface area (Å²) in [5, 5.41) is 6.00. The molecule has 6 heteroatoms. The number of carbonyl (C=O) groups is 2. The molecule has 2 rings (SSSR count). The Bertz CT molecular complexity index is 743. The monoisotopic (exact) mass is 372 g/mol. The van der Waals surface area contributed by atoms with E-state index in [1.54, 1.807) is 0 Å². The predicted octanol–water partition coefficient (Wildman–Crippen LogP) is 3.71. The lowest BCUT2D eigenvalue weighted by Crippen LogP contribution is -2.36. The first-order valence-corrected chi connectivity index (χ1v) is 9.74. The third-order valence-electron chi connectivity index (χ3n) is 4.78. The highest BCUT2D eigenvalue weighted by Crippen LogP contribution is 2.24. The van der Waals surface area contributed by atoms with Gasteiger partial charge < -0.3 is 15.6 Å². The molecule has 1 heterocycles. The van der Waals surface area contributed by atoms with Gasteiger partial charge >= 0.3 is 0 Å². The van der Waals surface area contributed by atoms with Crippen molar-refractivity contribution in [3.05, 3.63) is 30.1 Å². The Morgan fingerprint density at radius 3 is 2.56 bits per heavy atom. The van der Waals surface area contributed by atoms with Gasteiger partial charge in [0.05, 0.1) is 17.1 Å². The van der Waals surface area contributed by atoms with E-state index in [0.29, 0.717) is 19.4 Å². The minimum absolute atomic E-state index is 0.00247. The zero-order valence-electron chi connectivity index (χ0n) is 17.1.